The van der Waals surface area contributed by atoms with Crippen LogP contribution in [0, 0.1) is 19.8 Å². The van der Waals surface area contributed by atoms with Crippen LogP contribution in [0.5, 0.6) is 0 Å². The number of ether oxygens (including phenoxy) is 1. The molecule has 104 valence electrons. The third kappa shape index (κ3) is 2.56. The zero-order valence-electron chi connectivity index (χ0n) is 12.2. The van der Waals surface area contributed by atoms with Gasteiger partial charge in [-0.05, 0) is 63.2 Å². The predicted molar refractivity (Wildman–Crippen MR) is 78.6 cm³/mol. The highest BCUT2D eigenvalue weighted by Crippen LogP contribution is 2.41. The van der Waals surface area contributed by atoms with Crippen molar-refractivity contribution in [1.29, 1.82) is 0 Å². The van der Waals surface area contributed by atoms with Gasteiger partial charge in [-0.1, -0.05) is 23.8 Å². The molecule has 0 aromatic heterocycles. The van der Waals surface area contributed by atoms with Gasteiger partial charge in [0, 0.05) is 5.41 Å². The van der Waals surface area contributed by atoms with Crippen molar-refractivity contribution in [2.45, 2.75) is 38.5 Å². The van der Waals surface area contributed by atoms with Gasteiger partial charge in [0.05, 0.1) is 13.2 Å². The molecule has 2 aliphatic rings. The van der Waals surface area contributed by atoms with Crippen LogP contribution in [0.2, 0.25) is 0 Å². The SMILES string of the molecule is Cc1ccc(C2(CC3CCNCC3)COC2)c(C)c1. The Bertz CT molecular complexity index is 445. The van der Waals surface area contributed by atoms with Gasteiger partial charge in [-0.25, -0.2) is 0 Å². The van der Waals surface area contributed by atoms with Crippen LogP contribution in [0.15, 0.2) is 18.2 Å². The van der Waals surface area contributed by atoms with E-state index in [0.717, 1.165) is 19.1 Å². The summed E-state index contributed by atoms with van der Waals surface area (Å²) in [7, 11) is 0. The maximum atomic E-state index is 5.60. The van der Waals surface area contributed by atoms with E-state index < -0.39 is 0 Å². The van der Waals surface area contributed by atoms with E-state index in [1.54, 1.807) is 0 Å². The molecule has 1 aromatic rings. The zero-order chi connectivity index (χ0) is 13.3. The van der Waals surface area contributed by atoms with E-state index in [1.165, 1.54) is 49.0 Å². The Balaban J connectivity index is 1.81. The molecule has 0 unspecified atom stereocenters. The predicted octanol–water partition coefficient (Wildman–Crippen LogP) is 2.96. The third-order valence-electron chi connectivity index (χ3n) is 4.85. The summed E-state index contributed by atoms with van der Waals surface area (Å²) < 4.78 is 5.60. The van der Waals surface area contributed by atoms with Gasteiger partial charge < -0.3 is 10.1 Å². The van der Waals surface area contributed by atoms with Crippen molar-refractivity contribution in [3.8, 4) is 0 Å². The Kier molecular flexibility index (Phi) is 3.64. The number of rotatable bonds is 3. The number of benzene rings is 1. The van der Waals surface area contributed by atoms with Gasteiger partial charge in [-0.3, -0.25) is 0 Å². The van der Waals surface area contributed by atoms with Crippen LogP contribution in [0.4, 0.5) is 0 Å². The quantitative estimate of drug-likeness (QED) is 0.901. The van der Waals surface area contributed by atoms with E-state index in [2.05, 4.69) is 37.4 Å². The molecule has 0 atom stereocenters. The van der Waals surface area contributed by atoms with Crippen LogP contribution in [-0.2, 0) is 10.2 Å². The van der Waals surface area contributed by atoms with Crippen molar-refractivity contribution < 1.29 is 4.74 Å². The van der Waals surface area contributed by atoms with Gasteiger partial charge in [-0.2, -0.15) is 0 Å². The zero-order valence-corrected chi connectivity index (χ0v) is 12.2. The van der Waals surface area contributed by atoms with E-state index in [4.69, 9.17) is 4.74 Å². The first-order valence-electron chi connectivity index (χ1n) is 7.56. The summed E-state index contributed by atoms with van der Waals surface area (Å²) in [6.07, 6.45) is 3.96. The van der Waals surface area contributed by atoms with Gasteiger partial charge in [0.2, 0.25) is 0 Å². The summed E-state index contributed by atoms with van der Waals surface area (Å²) in [6.45, 7) is 8.64. The molecule has 2 fully saturated rings. The van der Waals surface area contributed by atoms with Gasteiger partial charge >= 0.3 is 0 Å². The molecule has 2 aliphatic heterocycles. The van der Waals surface area contributed by atoms with Crippen LogP contribution in [-0.4, -0.2) is 26.3 Å². The molecule has 0 bridgehead atoms. The van der Waals surface area contributed by atoms with Crippen molar-refractivity contribution in [2.24, 2.45) is 5.92 Å². The molecule has 0 radical (unpaired) electrons. The van der Waals surface area contributed by atoms with Crippen molar-refractivity contribution in [2.75, 3.05) is 26.3 Å². The smallest absolute Gasteiger partial charge is 0.0585 e. The fourth-order valence-electron chi connectivity index (χ4n) is 3.78. The van der Waals surface area contributed by atoms with Crippen molar-refractivity contribution in [3.05, 3.63) is 34.9 Å². The molecule has 2 heterocycles. The molecular weight excluding hydrogens is 234 g/mol. The number of nitrogens with one attached hydrogen (secondary N) is 1. The Morgan fingerprint density at radius 2 is 1.95 bits per heavy atom. The molecular formula is C17H25NO. The number of hydrogen-bond donors (Lipinski definition) is 1. The van der Waals surface area contributed by atoms with E-state index in [9.17, 15) is 0 Å². The van der Waals surface area contributed by atoms with Crippen LogP contribution < -0.4 is 5.32 Å². The average Bonchev–Trinajstić information content (AvgIpc) is 2.36. The lowest BCUT2D eigenvalue weighted by molar-refractivity contribution is -0.0734. The maximum absolute atomic E-state index is 5.60. The first kappa shape index (κ1) is 13.1. The van der Waals surface area contributed by atoms with Gasteiger partial charge in [-0.15, -0.1) is 0 Å². The maximum Gasteiger partial charge on any atom is 0.0585 e. The Morgan fingerprint density at radius 3 is 2.53 bits per heavy atom. The standard InChI is InChI=1S/C17H25NO/c1-13-3-4-16(14(2)9-13)17(11-19-12-17)10-15-5-7-18-8-6-15/h3-4,9,15,18H,5-8,10-12H2,1-2H3. The highest BCUT2D eigenvalue weighted by atomic mass is 16.5. The lowest BCUT2D eigenvalue weighted by atomic mass is 9.69. The third-order valence-corrected chi connectivity index (χ3v) is 4.85. The summed E-state index contributed by atoms with van der Waals surface area (Å²) in [5, 5.41) is 3.46. The minimum absolute atomic E-state index is 0.305. The van der Waals surface area contributed by atoms with Gasteiger partial charge in [0.1, 0.15) is 0 Å². The second kappa shape index (κ2) is 5.26. The second-order valence-corrected chi connectivity index (χ2v) is 6.49. The minimum Gasteiger partial charge on any atom is -0.379 e. The molecule has 0 aliphatic carbocycles. The van der Waals surface area contributed by atoms with E-state index in [1.807, 2.05) is 0 Å². The van der Waals surface area contributed by atoms with Crippen LogP contribution >= 0.6 is 0 Å². The van der Waals surface area contributed by atoms with Crippen molar-refractivity contribution in [1.82, 2.24) is 5.32 Å². The molecule has 19 heavy (non-hydrogen) atoms. The van der Waals surface area contributed by atoms with Gasteiger partial charge in [0.25, 0.3) is 0 Å². The molecule has 1 N–H and O–H groups in total. The van der Waals surface area contributed by atoms with E-state index in [-0.39, 0.29) is 0 Å². The molecule has 2 heteroatoms. The molecule has 3 rings (SSSR count). The molecule has 1 aromatic carbocycles. The molecule has 2 nitrogen and oxygen atoms in total. The second-order valence-electron chi connectivity index (χ2n) is 6.49. The Labute approximate surface area is 116 Å². The molecule has 0 amide bonds. The van der Waals surface area contributed by atoms with Crippen molar-refractivity contribution >= 4 is 0 Å². The lowest BCUT2D eigenvalue weighted by Gasteiger charge is -2.45. The van der Waals surface area contributed by atoms with Gasteiger partial charge in [0.15, 0.2) is 0 Å². The fourth-order valence-corrected chi connectivity index (χ4v) is 3.78. The van der Waals surface area contributed by atoms with Crippen LogP contribution in [0.25, 0.3) is 0 Å². The lowest BCUT2D eigenvalue weighted by Crippen LogP contribution is -2.49. The van der Waals surface area contributed by atoms with E-state index >= 15 is 0 Å². The fraction of sp³-hybridized carbons (Fsp3) is 0.647. The largest absolute Gasteiger partial charge is 0.379 e. The number of piperidine rings is 1. The minimum atomic E-state index is 0.305. The summed E-state index contributed by atoms with van der Waals surface area (Å²) in [5.41, 5.74) is 4.64. The highest BCUT2D eigenvalue weighted by molar-refractivity contribution is 5.38. The number of hydrogen-bond acceptors (Lipinski definition) is 2. The normalized spacial score (nSPS) is 23.1. The number of aryl methyl sites for hydroxylation is 2. The molecule has 0 spiro atoms. The highest BCUT2D eigenvalue weighted by Gasteiger charge is 2.42. The first-order chi connectivity index (χ1) is 9.20. The van der Waals surface area contributed by atoms with Crippen LogP contribution in [0.1, 0.15) is 36.0 Å². The molecule has 2 saturated heterocycles. The summed E-state index contributed by atoms with van der Waals surface area (Å²) in [6, 6.07) is 6.91. The van der Waals surface area contributed by atoms with E-state index in [0.29, 0.717) is 5.41 Å². The topological polar surface area (TPSA) is 21.3 Å². The Morgan fingerprint density at radius 1 is 1.21 bits per heavy atom. The summed E-state index contributed by atoms with van der Waals surface area (Å²) in [4.78, 5) is 0. The summed E-state index contributed by atoms with van der Waals surface area (Å²) >= 11 is 0. The van der Waals surface area contributed by atoms with Crippen molar-refractivity contribution in [3.63, 3.8) is 0 Å². The van der Waals surface area contributed by atoms with Crippen LogP contribution in [0.3, 0.4) is 0 Å². The summed E-state index contributed by atoms with van der Waals surface area (Å²) in [5.74, 6) is 0.867. The first-order valence-corrected chi connectivity index (χ1v) is 7.56. The average molecular weight is 259 g/mol. The monoisotopic (exact) mass is 259 g/mol. The molecule has 0 saturated carbocycles. The Hall–Kier alpha value is -0.860.